The van der Waals surface area contributed by atoms with Crippen LogP contribution in [0.5, 0.6) is 0 Å². The van der Waals surface area contributed by atoms with Crippen molar-refractivity contribution in [2.75, 3.05) is 0 Å². The van der Waals surface area contributed by atoms with Crippen molar-refractivity contribution >= 4 is 8.07 Å². The molecule has 0 aromatic heterocycles. The van der Waals surface area contributed by atoms with Crippen LogP contribution in [0.1, 0.15) is 72.6 Å². The summed E-state index contributed by atoms with van der Waals surface area (Å²) >= 11 is 0. The van der Waals surface area contributed by atoms with E-state index in [1.165, 1.54) is 19.3 Å². The summed E-state index contributed by atoms with van der Waals surface area (Å²) in [6.07, 6.45) is 10.8. The summed E-state index contributed by atoms with van der Waals surface area (Å²) in [6.45, 7) is 13.3. The number of rotatable bonds is 4. The summed E-state index contributed by atoms with van der Waals surface area (Å²) in [6, 6.07) is 3.28. The van der Waals surface area contributed by atoms with Crippen LogP contribution in [-0.4, -0.2) is 8.07 Å². The quantitative estimate of drug-likeness (QED) is 0.496. The monoisotopic (exact) mass is 270 g/mol. The Morgan fingerprint density at radius 1 is 0.667 bits per heavy atom. The largest absolute Gasteiger partial charge is 0.0693 e. The van der Waals surface area contributed by atoms with Crippen LogP contribution in [0.3, 0.4) is 0 Å². The highest BCUT2D eigenvalue weighted by Crippen LogP contribution is 2.39. The summed E-state index contributed by atoms with van der Waals surface area (Å²) in [7, 11) is -0.801. The van der Waals surface area contributed by atoms with Gasteiger partial charge in [-0.25, -0.2) is 0 Å². The van der Waals surface area contributed by atoms with Crippen molar-refractivity contribution in [3.63, 3.8) is 0 Å². The fourth-order valence-corrected chi connectivity index (χ4v) is 7.67. The molecular weight excluding hydrogens is 232 g/mol. The van der Waals surface area contributed by atoms with Crippen LogP contribution in [-0.2, 0) is 0 Å². The Balaban J connectivity index is 0.000000659. The third-order valence-electron chi connectivity index (χ3n) is 4.38. The maximum Gasteiger partial charge on any atom is 0.0479 e. The SMILES string of the molecule is CC.CC.C[Si](C)(CC1CCCC1)CC1CCC1. The fourth-order valence-electron chi connectivity index (χ4n) is 3.56. The third-order valence-corrected chi connectivity index (χ3v) is 7.75. The van der Waals surface area contributed by atoms with Gasteiger partial charge in [-0.15, -0.1) is 0 Å². The molecule has 18 heavy (non-hydrogen) atoms. The third kappa shape index (κ3) is 6.97. The zero-order valence-corrected chi connectivity index (χ0v) is 15.0. The molecule has 0 saturated heterocycles. The molecule has 0 radical (unpaired) electrons. The maximum absolute atomic E-state index is 2.64. The lowest BCUT2D eigenvalue weighted by atomic mass is 9.87. The summed E-state index contributed by atoms with van der Waals surface area (Å²) in [4.78, 5) is 0. The van der Waals surface area contributed by atoms with Gasteiger partial charge in [0.2, 0.25) is 0 Å². The fraction of sp³-hybridized carbons (Fsp3) is 1.00. The molecule has 2 aliphatic rings. The lowest BCUT2D eigenvalue weighted by molar-refractivity contribution is 0.341. The normalized spacial score (nSPS) is 20.3. The van der Waals surface area contributed by atoms with E-state index in [9.17, 15) is 0 Å². The molecule has 0 aliphatic heterocycles. The highest BCUT2D eigenvalue weighted by molar-refractivity contribution is 6.77. The average Bonchev–Trinajstić information content (AvgIpc) is 2.81. The predicted octanol–water partition coefficient (Wildman–Crippen LogP) is 6.74. The van der Waals surface area contributed by atoms with E-state index in [-0.39, 0.29) is 0 Å². The van der Waals surface area contributed by atoms with Crippen molar-refractivity contribution in [3.8, 4) is 0 Å². The van der Waals surface area contributed by atoms with Crippen LogP contribution in [0.25, 0.3) is 0 Å². The topological polar surface area (TPSA) is 0 Å². The van der Waals surface area contributed by atoms with Gasteiger partial charge in [0.15, 0.2) is 0 Å². The Labute approximate surface area is 118 Å². The molecule has 0 spiro atoms. The van der Waals surface area contributed by atoms with Crippen LogP contribution in [0.15, 0.2) is 0 Å². The first-order valence-corrected chi connectivity index (χ1v) is 12.1. The van der Waals surface area contributed by atoms with Crippen molar-refractivity contribution in [1.29, 1.82) is 0 Å². The molecule has 0 nitrogen and oxygen atoms in total. The minimum Gasteiger partial charge on any atom is -0.0693 e. The van der Waals surface area contributed by atoms with Gasteiger partial charge >= 0.3 is 0 Å². The summed E-state index contributed by atoms with van der Waals surface area (Å²) in [5.74, 6) is 2.29. The van der Waals surface area contributed by atoms with E-state index >= 15 is 0 Å². The summed E-state index contributed by atoms with van der Waals surface area (Å²) < 4.78 is 0. The molecule has 2 rings (SSSR count). The molecule has 2 saturated carbocycles. The Kier molecular flexibility index (Phi) is 10.2. The highest BCUT2D eigenvalue weighted by atomic mass is 28.3. The van der Waals surface area contributed by atoms with Gasteiger partial charge in [-0.2, -0.15) is 0 Å². The Morgan fingerprint density at radius 3 is 1.28 bits per heavy atom. The van der Waals surface area contributed by atoms with Gasteiger partial charge < -0.3 is 0 Å². The second-order valence-corrected chi connectivity index (χ2v) is 11.7. The Hall–Kier alpha value is 0.217. The van der Waals surface area contributed by atoms with Crippen molar-refractivity contribution in [2.24, 2.45) is 11.8 Å². The smallest absolute Gasteiger partial charge is 0.0479 e. The molecule has 1 heteroatoms. The molecule has 0 N–H and O–H groups in total. The number of hydrogen-bond acceptors (Lipinski definition) is 0. The molecule has 0 amide bonds. The standard InChI is InChI=1S/C13H26Si.2C2H6/c1-14(2,11-13-8-5-9-13)10-12-6-3-4-7-12;2*1-2/h12-13H,3-11H2,1-2H3;2*1-2H3. The highest BCUT2D eigenvalue weighted by Gasteiger charge is 2.31. The minimum absolute atomic E-state index is 0.801. The molecule has 2 fully saturated rings. The van der Waals surface area contributed by atoms with Gasteiger partial charge in [-0.05, 0) is 11.8 Å². The zero-order valence-electron chi connectivity index (χ0n) is 14.0. The van der Waals surface area contributed by atoms with E-state index in [2.05, 4.69) is 13.1 Å². The zero-order chi connectivity index (χ0) is 14.0. The first-order valence-electron chi connectivity index (χ1n) is 8.66. The second kappa shape index (κ2) is 10.1. The van der Waals surface area contributed by atoms with Gasteiger partial charge in [0.25, 0.3) is 0 Å². The first kappa shape index (κ1) is 18.2. The molecule has 0 heterocycles. The van der Waals surface area contributed by atoms with E-state index in [1.807, 2.05) is 27.7 Å². The second-order valence-electron chi connectivity index (χ2n) is 6.52. The van der Waals surface area contributed by atoms with E-state index in [0.717, 1.165) is 11.8 Å². The predicted molar refractivity (Wildman–Crippen MR) is 89.1 cm³/mol. The van der Waals surface area contributed by atoms with Crippen LogP contribution >= 0.6 is 0 Å². The van der Waals surface area contributed by atoms with Crippen molar-refractivity contribution in [3.05, 3.63) is 0 Å². The van der Waals surface area contributed by atoms with E-state index in [4.69, 9.17) is 0 Å². The van der Waals surface area contributed by atoms with Crippen molar-refractivity contribution in [1.82, 2.24) is 0 Å². The van der Waals surface area contributed by atoms with Crippen molar-refractivity contribution < 1.29 is 0 Å². The van der Waals surface area contributed by atoms with Gasteiger partial charge in [0, 0.05) is 8.07 Å². The van der Waals surface area contributed by atoms with Crippen LogP contribution in [0, 0.1) is 11.8 Å². The van der Waals surface area contributed by atoms with Crippen LogP contribution in [0.2, 0.25) is 25.2 Å². The molecule has 0 aromatic rings. The molecule has 2 aliphatic carbocycles. The van der Waals surface area contributed by atoms with E-state index < -0.39 is 8.07 Å². The van der Waals surface area contributed by atoms with Crippen molar-refractivity contribution in [2.45, 2.75) is 97.8 Å². The molecule has 0 unspecified atom stereocenters. The summed E-state index contributed by atoms with van der Waals surface area (Å²) in [5, 5.41) is 0. The Bertz CT molecular complexity index is 176. The summed E-state index contributed by atoms with van der Waals surface area (Å²) in [5.41, 5.74) is 0. The molecule has 0 atom stereocenters. The molecule has 110 valence electrons. The molecular formula is C17H38Si. The van der Waals surface area contributed by atoms with E-state index in [1.54, 1.807) is 37.8 Å². The van der Waals surface area contributed by atoms with Gasteiger partial charge in [-0.3, -0.25) is 0 Å². The molecule has 0 bridgehead atoms. The maximum atomic E-state index is 2.64. The van der Waals surface area contributed by atoms with Gasteiger partial charge in [0.05, 0.1) is 0 Å². The van der Waals surface area contributed by atoms with Gasteiger partial charge in [0.1, 0.15) is 0 Å². The average molecular weight is 271 g/mol. The first-order chi connectivity index (χ1) is 8.66. The van der Waals surface area contributed by atoms with Crippen LogP contribution in [0.4, 0.5) is 0 Å². The minimum atomic E-state index is -0.801. The number of hydrogen-bond donors (Lipinski definition) is 0. The van der Waals surface area contributed by atoms with Crippen LogP contribution < -0.4 is 0 Å². The van der Waals surface area contributed by atoms with Gasteiger partial charge in [-0.1, -0.05) is 97.8 Å². The Morgan fingerprint density at radius 2 is 1.00 bits per heavy atom. The lowest BCUT2D eigenvalue weighted by Gasteiger charge is -2.34. The van der Waals surface area contributed by atoms with E-state index in [0.29, 0.717) is 0 Å². The molecule has 0 aromatic carbocycles. The lowest BCUT2D eigenvalue weighted by Crippen LogP contribution is -2.32.